The summed E-state index contributed by atoms with van der Waals surface area (Å²) in [6, 6.07) is 8.11. The number of benzene rings is 1. The zero-order chi connectivity index (χ0) is 24.5. The fourth-order valence-electron chi connectivity index (χ4n) is 3.12. The van der Waals surface area contributed by atoms with Gasteiger partial charge in [-0.2, -0.15) is 17.6 Å². The lowest BCUT2D eigenvalue weighted by atomic mass is 10.1. The first kappa shape index (κ1) is 23.8. The fraction of sp³-hybridized carbons (Fsp3) is 0.136. The van der Waals surface area contributed by atoms with Crippen LogP contribution in [0.5, 0.6) is 11.5 Å². The van der Waals surface area contributed by atoms with Crippen LogP contribution >= 0.6 is 23.2 Å². The first-order chi connectivity index (χ1) is 16.2. The molecule has 0 saturated heterocycles. The summed E-state index contributed by atoms with van der Waals surface area (Å²) in [6.07, 6.45) is -2.21. The van der Waals surface area contributed by atoms with Crippen LogP contribution in [-0.2, 0) is 12.8 Å². The molecule has 0 radical (unpaired) electrons. The Morgan fingerprint density at radius 1 is 1.03 bits per heavy atom. The number of rotatable bonds is 6. The van der Waals surface area contributed by atoms with Crippen molar-refractivity contribution in [3.63, 3.8) is 0 Å². The Balaban J connectivity index is 1.60. The number of aromatic amines is 1. The second-order valence-electron chi connectivity index (χ2n) is 6.91. The molecule has 0 bridgehead atoms. The maximum atomic E-state index is 13.3. The topological polar surface area (TPSA) is 72.9 Å². The van der Waals surface area contributed by atoms with Gasteiger partial charge in [0.25, 0.3) is 0 Å². The van der Waals surface area contributed by atoms with E-state index in [2.05, 4.69) is 19.9 Å². The number of pyridine rings is 2. The predicted molar refractivity (Wildman–Crippen MR) is 117 cm³/mol. The molecule has 176 valence electrons. The Labute approximate surface area is 200 Å². The second-order valence-corrected chi connectivity index (χ2v) is 7.73. The number of nitrogens with zero attached hydrogens (tertiary/aromatic N) is 3. The van der Waals surface area contributed by atoms with E-state index in [1.165, 1.54) is 37.6 Å². The molecular formula is C22H14Cl2F4N4O2. The van der Waals surface area contributed by atoms with Crippen LogP contribution in [0.1, 0.15) is 11.3 Å². The van der Waals surface area contributed by atoms with Crippen molar-refractivity contribution in [3.8, 4) is 34.1 Å². The summed E-state index contributed by atoms with van der Waals surface area (Å²) in [7, 11) is 1.41. The number of halogens is 6. The maximum Gasteiger partial charge on any atom is 0.418 e. The number of alkyl halides is 3. The zero-order valence-corrected chi connectivity index (χ0v) is 18.8. The number of nitrogens with one attached hydrogen (secondary N) is 1. The highest BCUT2D eigenvalue weighted by atomic mass is 35.5. The number of methoxy groups -OCH3 is 1. The van der Waals surface area contributed by atoms with E-state index in [1.807, 2.05) is 0 Å². The molecule has 0 aliphatic heterocycles. The highest BCUT2D eigenvalue weighted by Crippen LogP contribution is 2.38. The van der Waals surface area contributed by atoms with Gasteiger partial charge in [-0.25, -0.2) is 9.97 Å². The molecule has 6 nitrogen and oxygen atoms in total. The van der Waals surface area contributed by atoms with Crippen LogP contribution in [0.4, 0.5) is 17.6 Å². The number of hydrogen-bond donors (Lipinski definition) is 1. The minimum absolute atomic E-state index is 0.131. The van der Waals surface area contributed by atoms with Gasteiger partial charge in [0.1, 0.15) is 34.8 Å². The van der Waals surface area contributed by atoms with Crippen molar-refractivity contribution < 1.29 is 27.0 Å². The number of aromatic nitrogens is 4. The average Bonchev–Trinajstić information content (AvgIpc) is 3.19. The third-order valence-electron chi connectivity index (χ3n) is 4.71. The molecule has 0 spiro atoms. The molecule has 0 atom stereocenters. The van der Waals surface area contributed by atoms with E-state index in [0.717, 1.165) is 12.3 Å². The SMILES string of the molecule is COc1cc(OCc2ncc(Cl)cc2C(F)(F)F)ccc1-c1nc(-c2ccc(F)nc2)[nH]c1Cl. The summed E-state index contributed by atoms with van der Waals surface area (Å²) < 4.78 is 63.9. The molecule has 3 heterocycles. The van der Waals surface area contributed by atoms with Crippen LogP contribution in [0.3, 0.4) is 0 Å². The van der Waals surface area contributed by atoms with Gasteiger partial charge in [0, 0.05) is 29.6 Å². The van der Waals surface area contributed by atoms with Gasteiger partial charge >= 0.3 is 6.18 Å². The molecule has 34 heavy (non-hydrogen) atoms. The van der Waals surface area contributed by atoms with Gasteiger partial charge in [-0.15, -0.1) is 0 Å². The summed E-state index contributed by atoms with van der Waals surface area (Å²) >= 11 is 12.0. The Bertz CT molecular complexity index is 1330. The highest BCUT2D eigenvalue weighted by molar-refractivity contribution is 6.32. The van der Waals surface area contributed by atoms with Crippen molar-refractivity contribution in [1.29, 1.82) is 0 Å². The number of H-pyrrole nitrogens is 1. The number of ether oxygens (including phenoxy) is 2. The van der Waals surface area contributed by atoms with Crippen LogP contribution in [0.2, 0.25) is 10.2 Å². The van der Waals surface area contributed by atoms with E-state index in [-0.39, 0.29) is 21.6 Å². The normalized spacial score (nSPS) is 11.5. The molecule has 12 heteroatoms. The van der Waals surface area contributed by atoms with Crippen molar-refractivity contribution in [1.82, 2.24) is 19.9 Å². The van der Waals surface area contributed by atoms with E-state index in [0.29, 0.717) is 28.4 Å². The molecule has 0 saturated carbocycles. The molecule has 0 fully saturated rings. The Morgan fingerprint density at radius 3 is 2.50 bits per heavy atom. The van der Waals surface area contributed by atoms with Crippen molar-refractivity contribution in [3.05, 3.63) is 76.2 Å². The third-order valence-corrected chi connectivity index (χ3v) is 5.19. The molecule has 4 aromatic rings. The van der Waals surface area contributed by atoms with Crippen molar-refractivity contribution >= 4 is 23.2 Å². The van der Waals surface area contributed by atoms with Crippen LogP contribution in [0.15, 0.2) is 48.8 Å². The lowest BCUT2D eigenvalue weighted by Gasteiger charge is -2.14. The van der Waals surface area contributed by atoms with Gasteiger partial charge in [-0.1, -0.05) is 23.2 Å². The van der Waals surface area contributed by atoms with Crippen molar-refractivity contribution in [2.45, 2.75) is 12.8 Å². The van der Waals surface area contributed by atoms with E-state index in [1.54, 1.807) is 6.07 Å². The molecule has 0 amide bonds. The summed E-state index contributed by atoms with van der Waals surface area (Å²) in [5, 5.41) is 0.0697. The first-order valence-corrected chi connectivity index (χ1v) is 10.3. The van der Waals surface area contributed by atoms with Gasteiger partial charge < -0.3 is 14.5 Å². The van der Waals surface area contributed by atoms with Gasteiger partial charge in [0.15, 0.2) is 0 Å². The van der Waals surface area contributed by atoms with E-state index >= 15 is 0 Å². The minimum Gasteiger partial charge on any atom is -0.496 e. The Hall–Kier alpha value is -3.37. The largest absolute Gasteiger partial charge is 0.496 e. The summed E-state index contributed by atoms with van der Waals surface area (Å²) in [6.45, 7) is -0.445. The van der Waals surface area contributed by atoms with Gasteiger partial charge in [0.2, 0.25) is 5.95 Å². The zero-order valence-electron chi connectivity index (χ0n) is 17.3. The Morgan fingerprint density at radius 2 is 1.82 bits per heavy atom. The third kappa shape index (κ3) is 5.07. The number of hydrogen-bond acceptors (Lipinski definition) is 5. The van der Waals surface area contributed by atoms with Gasteiger partial charge in [0.05, 0.1) is 23.4 Å². The smallest absolute Gasteiger partial charge is 0.418 e. The van der Waals surface area contributed by atoms with Crippen LogP contribution in [0, 0.1) is 5.95 Å². The molecule has 0 aliphatic rings. The minimum atomic E-state index is -4.63. The first-order valence-electron chi connectivity index (χ1n) is 9.56. The van der Waals surface area contributed by atoms with E-state index < -0.39 is 24.3 Å². The van der Waals surface area contributed by atoms with Crippen molar-refractivity contribution in [2.75, 3.05) is 7.11 Å². The monoisotopic (exact) mass is 512 g/mol. The number of imidazole rings is 1. The molecule has 0 unspecified atom stereocenters. The molecule has 1 aromatic carbocycles. The standard InChI is InChI=1S/C22H14Cl2F4N4O2/c1-33-17-7-13(34-10-16-15(22(26,27)28)6-12(23)9-29-16)3-4-14(17)19-20(24)32-21(31-19)11-2-5-18(25)30-8-11/h2-9H,10H2,1H3,(H,31,32). The lowest BCUT2D eigenvalue weighted by Crippen LogP contribution is -2.12. The van der Waals surface area contributed by atoms with Gasteiger partial charge in [-0.05, 0) is 30.3 Å². The molecule has 0 aliphatic carbocycles. The van der Waals surface area contributed by atoms with Crippen LogP contribution < -0.4 is 9.47 Å². The second kappa shape index (κ2) is 9.47. The summed E-state index contributed by atoms with van der Waals surface area (Å²) in [5.74, 6) is 0.285. The summed E-state index contributed by atoms with van der Waals surface area (Å²) in [4.78, 5) is 14.7. The predicted octanol–water partition coefficient (Wildman–Crippen LogP) is 6.59. The van der Waals surface area contributed by atoms with E-state index in [9.17, 15) is 17.6 Å². The lowest BCUT2D eigenvalue weighted by molar-refractivity contribution is -0.138. The quantitative estimate of drug-likeness (QED) is 0.233. The molecule has 1 N–H and O–H groups in total. The van der Waals surface area contributed by atoms with E-state index in [4.69, 9.17) is 32.7 Å². The molecule has 4 rings (SSSR count). The maximum absolute atomic E-state index is 13.3. The van der Waals surface area contributed by atoms with Crippen molar-refractivity contribution in [2.24, 2.45) is 0 Å². The highest BCUT2D eigenvalue weighted by Gasteiger charge is 2.34. The molecular weight excluding hydrogens is 499 g/mol. The van der Waals surface area contributed by atoms with Crippen LogP contribution in [-0.4, -0.2) is 27.0 Å². The average molecular weight is 513 g/mol. The van der Waals surface area contributed by atoms with Crippen LogP contribution in [0.25, 0.3) is 22.6 Å². The molecule has 3 aromatic heterocycles. The summed E-state index contributed by atoms with van der Waals surface area (Å²) in [5.41, 5.74) is 0.0769. The van der Waals surface area contributed by atoms with Gasteiger partial charge in [-0.3, -0.25) is 4.98 Å². The fourth-order valence-corrected chi connectivity index (χ4v) is 3.51. The Kier molecular flexibility index (Phi) is 6.63.